The first-order chi connectivity index (χ1) is 9.51. The Kier molecular flexibility index (Phi) is 4.44. The van der Waals surface area contributed by atoms with E-state index in [1.807, 2.05) is 6.92 Å². The van der Waals surface area contributed by atoms with Gasteiger partial charge in [-0.1, -0.05) is 0 Å². The Morgan fingerprint density at radius 1 is 1.35 bits per heavy atom. The van der Waals surface area contributed by atoms with Gasteiger partial charge in [-0.3, -0.25) is 10.1 Å². The van der Waals surface area contributed by atoms with Crippen molar-refractivity contribution in [3.8, 4) is 0 Å². The van der Waals surface area contributed by atoms with Crippen LogP contribution in [0.2, 0.25) is 0 Å². The minimum absolute atomic E-state index is 0.0147. The molecule has 0 spiro atoms. The van der Waals surface area contributed by atoms with Gasteiger partial charge in [0.25, 0.3) is 0 Å². The second-order valence-electron chi connectivity index (χ2n) is 5.09. The number of ether oxygens (including phenoxy) is 1. The summed E-state index contributed by atoms with van der Waals surface area (Å²) in [5, 5.41) is 6.08. The van der Waals surface area contributed by atoms with Crippen molar-refractivity contribution >= 4 is 11.9 Å². The van der Waals surface area contributed by atoms with Crippen molar-refractivity contribution < 1.29 is 18.7 Å². The largest absolute Gasteiger partial charge is 0.463 e. The van der Waals surface area contributed by atoms with E-state index in [1.54, 1.807) is 19.1 Å². The molecule has 110 valence electrons. The molecule has 6 nitrogen and oxygen atoms in total. The van der Waals surface area contributed by atoms with Gasteiger partial charge >= 0.3 is 5.97 Å². The summed E-state index contributed by atoms with van der Waals surface area (Å²) in [5.74, 6) is 0.227. The first-order valence-electron chi connectivity index (χ1n) is 6.75. The maximum Gasteiger partial charge on any atom is 0.373 e. The van der Waals surface area contributed by atoms with Crippen LogP contribution in [0.1, 0.15) is 49.0 Å². The lowest BCUT2D eigenvalue weighted by Crippen LogP contribution is -2.43. The van der Waals surface area contributed by atoms with Crippen molar-refractivity contribution in [1.29, 1.82) is 0 Å². The van der Waals surface area contributed by atoms with Gasteiger partial charge in [0, 0.05) is 6.04 Å². The van der Waals surface area contributed by atoms with Crippen molar-refractivity contribution in [2.24, 2.45) is 0 Å². The van der Waals surface area contributed by atoms with Gasteiger partial charge in [0.2, 0.25) is 11.7 Å². The van der Waals surface area contributed by atoms with Gasteiger partial charge in [-0.05, 0) is 38.8 Å². The summed E-state index contributed by atoms with van der Waals surface area (Å²) in [5.41, 5.74) is 0. The van der Waals surface area contributed by atoms with E-state index in [0.29, 0.717) is 11.8 Å². The SMILES string of the molecule is COC(=O)c1ccc(C(C)NC(C)C(=O)NC2CC2)o1. The van der Waals surface area contributed by atoms with E-state index < -0.39 is 5.97 Å². The van der Waals surface area contributed by atoms with Crippen LogP contribution < -0.4 is 10.6 Å². The molecule has 1 aromatic rings. The lowest BCUT2D eigenvalue weighted by molar-refractivity contribution is -0.123. The van der Waals surface area contributed by atoms with Crippen LogP contribution >= 0.6 is 0 Å². The van der Waals surface area contributed by atoms with Gasteiger partial charge in [0.05, 0.1) is 19.2 Å². The fraction of sp³-hybridized carbons (Fsp3) is 0.571. The Bertz CT molecular complexity index is 493. The Hall–Kier alpha value is -1.82. The molecule has 1 aliphatic rings. The highest BCUT2D eigenvalue weighted by Gasteiger charge is 2.26. The molecule has 1 saturated carbocycles. The Labute approximate surface area is 117 Å². The quantitative estimate of drug-likeness (QED) is 0.770. The summed E-state index contributed by atoms with van der Waals surface area (Å²) < 4.78 is 9.99. The van der Waals surface area contributed by atoms with Gasteiger partial charge in [-0.2, -0.15) is 0 Å². The molecule has 0 radical (unpaired) electrons. The van der Waals surface area contributed by atoms with Crippen LogP contribution in [0.3, 0.4) is 0 Å². The van der Waals surface area contributed by atoms with Crippen molar-refractivity contribution in [3.05, 3.63) is 23.7 Å². The molecule has 6 heteroatoms. The van der Waals surface area contributed by atoms with Crippen molar-refractivity contribution in [3.63, 3.8) is 0 Å². The molecule has 2 N–H and O–H groups in total. The standard InChI is InChI=1S/C14H20N2O4/c1-8(11-6-7-12(20-11)14(18)19-3)15-9(2)13(17)16-10-4-5-10/h6-10,15H,4-5H2,1-3H3,(H,16,17). The number of rotatable bonds is 6. The zero-order valence-corrected chi connectivity index (χ0v) is 11.9. The van der Waals surface area contributed by atoms with E-state index in [9.17, 15) is 9.59 Å². The Morgan fingerprint density at radius 3 is 2.65 bits per heavy atom. The molecule has 1 amide bonds. The zero-order valence-electron chi connectivity index (χ0n) is 11.9. The number of amides is 1. The molecule has 2 unspecified atom stereocenters. The van der Waals surface area contributed by atoms with Crippen LogP contribution in [0, 0.1) is 0 Å². The number of hydrogen-bond donors (Lipinski definition) is 2. The molecule has 0 bridgehead atoms. The van der Waals surface area contributed by atoms with E-state index in [0.717, 1.165) is 12.8 Å². The Balaban J connectivity index is 1.89. The molecule has 1 aromatic heterocycles. The lowest BCUT2D eigenvalue weighted by atomic mass is 10.2. The van der Waals surface area contributed by atoms with Gasteiger partial charge in [-0.25, -0.2) is 4.79 Å². The van der Waals surface area contributed by atoms with Crippen molar-refractivity contribution in [2.45, 2.75) is 44.8 Å². The number of hydrogen-bond acceptors (Lipinski definition) is 5. The maximum absolute atomic E-state index is 11.8. The molecule has 1 fully saturated rings. The predicted octanol–water partition coefficient (Wildman–Crippen LogP) is 1.38. The number of esters is 1. The first kappa shape index (κ1) is 14.6. The number of carbonyl (C=O) groups is 2. The summed E-state index contributed by atoms with van der Waals surface area (Å²) in [6.45, 7) is 3.68. The smallest absolute Gasteiger partial charge is 0.373 e. The highest BCUT2D eigenvalue weighted by Crippen LogP contribution is 2.20. The molecule has 20 heavy (non-hydrogen) atoms. The van der Waals surface area contributed by atoms with Gasteiger partial charge < -0.3 is 14.5 Å². The van der Waals surface area contributed by atoms with Crippen molar-refractivity contribution in [1.82, 2.24) is 10.6 Å². The van der Waals surface area contributed by atoms with Crippen LogP contribution in [0.15, 0.2) is 16.5 Å². The third kappa shape index (κ3) is 3.60. The molecular formula is C14H20N2O4. The monoisotopic (exact) mass is 280 g/mol. The topological polar surface area (TPSA) is 80.6 Å². The zero-order chi connectivity index (χ0) is 14.7. The highest BCUT2D eigenvalue weighted by molar-refractivity contribution is 5.86. The van der Waals surface area contributed by atoms with E-state index in [-0.39, 0.29) is 23.8 Å². The van der Waals surface area contributed by atoms with Crippen LogP contribution in [-0.4, -0.2) is 31.1 Å². The third-order valence-corrected chi connectivity index (χ3v) is 3.26. The fourth-order valence-electron chi connectivity index (χ4n) is 1.88. The van der Waals surface area contributed by atoms with E-state index >= 15 is 0 Å². The molecule has 0 aliphatic heterocycles. The third-order valence-electron chi connectivity index (χ3n) is 3.26. The number of furan rings is 1. The average Bonchev–Trinajstić information content (AvgIpc) is 3.09. The average molecular weight is 280 g/mol. The van der Waals surface area contributed by atoms with Crippen molar-refractivity contribution in [2.75, 3.05) is 7.11 Å². The second-order valence-corrected chi connectivity index (χ2v) is 5.09. The molecule has 1 aliphatic carbocycles. The van der Waals surface area contributed by atoms with Crippen LogP contribution in [0.4, 0.5) is 0 Å². The summed E-state index contributed by atoms with van der Waals surface area (Å²) in [6, 6.07) is 3.12. The molecule has 1 heterocycles. The minimum Gasteiger partial charge on any atom is -0.463 e. The molecule has 2 atom stereocenters. The van der Waals surface area contributed by atoms with E-state index in [1.165, 1.54) is 7.11 Å². The van der Waals surface area contributed by atoms with E-state index in [2.05, 4.69) is 15.4 Å². The Morgan fingerprint density at radius 2 is 2.05 bits per heavy atom. The predicted molar refractivity (Wildman–Crippen MR) is 72.2 cm³/mol. The summed E-state index contributed by atoms with van der Waals surface area (Å²) in [4.78, 5) is 23.1. The normalized spacial score (nSPS) is 17.4. The molecule has 0 aromatic carbocycles. The van der Waals surface area contributed by atoms with Crippen LogP contribution in [0.5, 0.6) is 0 Å². The van der Waals surface area contributed by atoms with Gasteiger partial charge in [0.1, 0.15) is 5.76 Å². The number of nitrogens with one attached hydrogen (secondary N) is 2. The fourth-order valence-corrected chi connectivity index (χ4v) is 1.88. The molecular weight excluding hydrogens is 260 g/mol. The number of methoxy groups -OCH3 is 1. The van der Waals surface area contributed by atoms with Gasteiger partial charge in [0.15, 0.2) is 0 Å². The summed E-state index contributed by atoms with van der Waals surface area (Å²) in [7, 11) is 1.30. The number of carbonyl (C=O) groups excluding carboxylic acids is 2. The second kappa shape index (κ2) is 6.09. The summed E-state index contributed by atoms with van der Waals surface area (Å²) >= 11 is 0. The summed E-state index contributed by atoms with van der Waals surface area (Å²) in [6.07, 6.45) is 2.13. The van der Waals surface area contributed by atoms with E-state index in [4.69, 9.17) is 4.42 Å². The molecule has 0 saturated heterocycles. The van der Waals surface area contributed by atoms with Crippen LogP contribution in [0.25, 0.3) is 0 Å². The highest BCUT2D eigenvalue weighted by atomic mass is 16.5. The minimum atomic E-state index is -0.511. The molecule has 2 rings (SSSR count). The van der Waals surface area contributed by atoms with Gasteiger partial charge in [-0.15, -0.1) is 0 Å². The first-order valence-corrected chi connectivity index (χ1v) is 6.75. The lowest BCUT2D eigenvalue weighted by Gasteiger charge is -2.18. The van der Waals surface area contributed by atoms with Crippen LogP contribution in [-0.2, 0) is 9.53 Å². The maximum atomic E-state index is 11.8.